The van der Waals surface area contributed by atoms with E-state index in [1.165, 1.54) is 0 Å². The van der Waals surface area contributed by atoms with E-state index >= 15 is 0 Å². The fraction of sp³-hybridized carbons (Fsp3) is 0. The number of rotatable bonds is 0. The van der Waals surface area contributed by atoms with Crippen LogP contribution in [0.2, 0.25) is 0 Å². The van der Waals surface area contributed by atoms with Crippen LogP contribution in [0.25, 0.3) is 10.8 Å². The summed E-state index contributed by atoms with van der Waals surface area (Å²) < 4.78 is 0. The first-order valence-electron chi connectivity index (χ1n) is 3.94. The van der Waals surface area contributed by atoms with E-state index in [0.29, 0.717) is 11.4 Å². The van der Waals surface area contributed by atoms with E-state index in [2.05, 4.69) is 0 Å². The molecule has 0 fully saturated rings. The molecule has 0 heterocycles. The summed E-state index contributed by atoms with van der Waals surface area (Å²) in [5.74, 6) is 0.109. The predicted octanol–water partition coefficient (Wildman–Crippen LogP) is 1.71. The zero-order valence-electron chi connectivity index (χ0n) is 6.99. The van der Waals surface area contributed by atoms with Gasteiger partial charge in [0.25, 0.3) is 0 Å². The van der Waals surface area contributed by atoms with Gasteiger partial charge in [-0.1, -0.05) is 6.07 Å². The van der Waals surface area contributed by atoms with E-state index in [-0.39, 0.29) is 5.75 Å². The number of phenols is 1. The summed E-state index contributed by atoms with van der Waals surface area (Å²) in [4.78, 5) is 0. The molecular weight excluding hydrogens is 164 g/mol. The van der Waals surface area contributed by atoms with Crippen LogP contribution in [0.1, 0.15) is 0 Å². The number of hydrogen-bond acceptors (Lipinski definition) is 3. The number of aromatic hydroxyl groups is 1. The molecule has 5 N–H and O–H groups in total. The Labute approximate surface area is 75.6 Å². The SMILES string of the molecule is Nc1ccc2cc(O)c(N)cc2c1. The average Bonchev–Trinajstić information content (AvgIpc) is 2.08. The minimum absolute atomic E-state index is 0.109. The van der Waals surface area contributed by atoms with Gasteiger partial charge in [0.05, 0.1) is 5.69 Å². The molecule has 3 nitrogen and oxygen atoms in total. The zero-order valence-corrected chi connectivity index (χ0v) is 6.99. The van der Waals surface area contributed by atoms with Gasteiger partial charge in [-0.3, -0.25) is 0 Å². The van der Waals surface area contributed by atoms with Gasteiger partial charge < -0.3 is 16.6 Å². The van der Waals surface area contributed by atoms with Crippen molar-refractivity contribution in [3.05, 3.63) is 30.3 Å². The number of anilines is 2. The van der Waals surface area contributed by atoms with Gasteiger partial charge in [0.1, 0.15) is 5.75 Å². The maximum Gasteiger partial charge on any atom is 0.139 e. The highest BCUT2D eigenvalue weighted by molar-refractivity contribution is 5.90. The Hall–Kier alpha value is -1.90. The molecule has 0 aromatic heterocycles. The second-order valence-electron chi connectivity index (χ2n) is 3.02. The van der Waals surface area contributed by atoms with Crippen molar-refractivity contribution in [3.63, 3.8) is 0 Å². The average molecular weight is 174 g/mol. The molecular formula is C10H10N2O. The summed E-state index contributed by atoms with van der Waals surface area (Å²) in [5.41, 5.74) is 12.2. The molecule has 0 unspecified atom stereocenters. The van der Waals surface area contributed by atoms with Crippen molar-refractivity contribution in [1.29, 1.82) is 0 Å². The first-order chi connectivity index (χ1) is 6.16. The first kappa shape index (κ1) is 7.73. The summed E-state index contributed by atoms with van der Waals surface area (Å²) in [6.07, 6.45) is 0. The van der Waals surface area contributed by atoms with Gasteiger partial charge in [0.15, 0.2) is 0 Å². The number of nitrogens with two attached hydrogens (primary N) is 2. The van der Waals surface area contributed by atoms with Crippen molar-refractivity contribution >= 4 is 22.1 Å². The van der Waals surface area contributed by atoms with Crippen LogP contribution in [0.5, 0.6) is 5.75 Å². The van der Waals surface area contributed by atoms with Gasteiger partial charge in [-0.2, -0.15) is 0 Å². The highest BCUT2D eigenvalue weighted by Gasteiger charge is 1.99. The van der Waals surface area contributed by atoms with Crippen LogP contribution < -0.4 is 11.5 Å². The summed E-state index contributed by atoms with van der Waals surface area (Å²) in [7, 11) is 0. The molecule has 13 heavy (non-hydrogen) atoms. The molecule has 2 aromatic carbocycles. The molecule has 0 spiro atoms. The van der Waals surface area contributed by atoms with E-state index in [9.17, 15) is 5.11 Å². The Bertz CT molecular complexity index is 466. The van der Waals surface area contributed by atoms with Gasteiger partial charge in [0, 0.05) is 5.69 Å². The zero-order chi connectivity index (χ0) is 9.42. The Morgan fingerprint density at radius 2 is 1.69 bits per heavy atom. The number of phenolic OH excluding ortho intramolecular Hbond substituents is 1. The van der Waals surface area contributed by atoms with E-state index in [0.717, 1.165) is 10.8 Å². The Morgan fingerprint density at radius 3 is 2.46 bits per heavy atom. The molecule has 0 aliphatic heterocycles. The van der Waals surface area contributed by atoms with E-state index < -0.39 is 0 Å². The van der Waals surface area contributed by atoms with Crippen LogP contribution >= 0.6 is 0 Å². The lowest BCUT2D eigenvalue weighted by molar-refractivity contribution is 0.479. The molecule has 0 saturated carbocycles. The normalized spacial score (nSPS) is 10.5. The van der Waals surface area contributed by atoms with Gasteiger partial charge >= 0.3 is 0 Å². The van der Waals surface area contributed by atoms with Crippen LogP contribution in [0.15, 0.2) is 30.3 Å². The first-order valence-corrected chi connectivity index (χ1v) is 3.94. The maximum atomic E-state index is 9.33. The Balaban J connectivity index is 2.81. The second kappa shape index (κ2) is 2.55. The van der Waals surface area contributed by atoms with Crippen molar-refractivity contribution < 1.29 is 5.11 Å². The predicted molar refractivity (Wildman–Crippen MR) is 54.4 cm³/mol. The van der Waals surface area contributed by atoms with Crippen LogP contribution in [-0.4, -0.2) is 5.11 Å². The maximum absolute atomic E-state index is 9.33. The summed E-state index contributed by atoms with van der Waals surface area (Å²) in [6, 6.07) is 8.80. The summed E-state index contributed by atoms with van der Waals surface area (Å²) in [5, 5.41) is 11.2. The number of hydrogen-bond donors (Lipinski definition) is 3. The van der Waals surface area contributed by atoms with Crippen molar-refractivity contribution in [1.82, 2.24) is 0 Å². The van der Waals surface area contributed by atoms with Crippen LogP contribution in [0.4, 0.5) is 11.4 Å². The fourth-order valence-electron chi connectivity index (χ4n) is 1.32. The molecule has 66 valence electrons. The second-order valence-corrected chi connectivity index (χ2v) is 3.02. The van der Waals surface area contributed by atoms with Crippen molar-refractivity contribution in [2.45, 2.75) is 0 Å². The molecule has 0 aliphatic carbocycles. The Kier molecular flexibility index (Phi) is 1.52. The number of nitrogen functional groups attached to an aromatic ring is 2. The van der Waals surface area contributed by atoms with Gasteiger partial charge in [-0.25, -0.2) is 0 Å². The molecule has 0 saturated heterocycles. The van der Waals surface area contributed by atoms with Crippen LogP contribution in [0.3, 0.4) is 0 Å². The molecule has 0 radical (unpaired) electrons. The lowest BCUT2D eigenvalue weighted by Crippen LogP contribution is -1.87. The van der Waals surface area contributed by atoms with Crippen LogP contribution in [-0.2, 0) is 0 Å². The fourth-order valence-corrected chi connectivity index (χ4v) is 1.32. The van der Waals surface area contributed by atoms with Gasteiger partial charge in [-0.05, 0) is 35.0 Å². The smallest absolute Gasteiger partial charge is 0.139 e. The molecule has 2 rings (SSSR count). The third kappa shape index (κ3) is 1.24. The Morgan fingerprint density at radius 1 is 0.923 bits per heavy atom. The molecule has 3 heteroatoms. The molecule has 0 bridgehead atoms. The number of benzene rings is 2. The van der Waals surface area contributed by atoms with Crippen molar-refractivity contribution in [3.8, 4) is 5.75 Å². The topological polar surface area (TPSA) is 72.3 Å². The third-order valence-electron chi connectivity index (χ3n) is 2.01. The standard InChI is InChI=1S/C10H10N2O/c11-8-2-1-6-5-10(13)9(12)4-7(6)3-8/h1-5,13H,11-12H2. The van der Waals surface area contributed by atoms with Crippen molar-refractivity contribution in [2.75, 3.05) is 11.5 Å². The summed E-state index contributed by atoms with van der Waals surface area (Å²) >= 11 is 0. The highest BCUT2D eigenvalue weighted by Crippen LogP contribution is 2.27. The highest BCUT2D eigenvalue weighted by atomic mass is 16.3. The van der Waals surface area contributed by atoms with Gasteiger partial charge in [-0.15, -0.1) is 0 Å². The monoisotopic (exact) mass is 174 g/mol. The lowest BCUT2D eigenvalue weighted by atomic mass is 10.1. The van der Waals surface area contributed by atoms with Gasteiger partial charge in [0.2, 0.25) is 0 Å². The quantitative estimate of drug-likeness (QED) is 0.420. The summed E-state index contributed by atoms with van der Waals surface area (Å²) in [6.45, 7) is 0. The largest absolute Gasteiger partial charge is 0.506 e. The van der Waals surface area contributed by atoms with E-state index in [1.807, 2.05) is 12.1 Å². The van der Waals surface area contributed by atoms with Crippen LogP contribution in [0, 0.1) is 0 Å². The molecule has 0 atom stereocenters. The minimum atomic E-state index is 0.109. The number of fused-ring (bicyclic) bond motifs is 1. The molecule has 0 aliphatic rings. The van der Waals surface area contributed by atoms with E-state index in [4.69, 9.17) is 11.5 Å². The minimum Gasteiger partial charge on any atom is -0.506 e. The van der Waals surface area contributed by atoms with E-state index in [1.54, 1.807) is 18.2 Å². The third-order valence-corrected chi connectivity index (χ3v) is 2.01. The molecule has 2 aromatic rings. The lowest BCUT2D eigenvalue weighted by Gasteiger charge is -2.03. The molecule has 0 amide bonds. The van der Waals surface area contributed by atoms with Crippen molar-refractivity contribution in [2.24, 2.45) is 0 Å².